The summed E-state index contributed by atoms with van der Waals surface area (Å²) in [5, 5.41) is 25.4. The maximum atomic E-state index is 11.5. The first-order valence-corrected chi connectivity index (χ1v) is 12.0. The molecule has 2 N–H and O–H groups in total. The lowest BCUT2D eigenvalue weighted by molar-refractivity contribution is -0.384. The number of methoxy groups -OCH3 is 1. The second kappa shape index (κ2) is 9.55. The van der Waals surface area contributed by atoms with E-state index >= 15 is 0 Å². The summed E-state index contributed by atoms with van der Waals surface area (Å²) >= 11 is 5.79. The number of hydrogen-bond acceptors (Lipinski definition) is 6. The molecule has 3 heterocycles. The van der Waals surface area contributed by atoms with E-state index in [2.05, 4.69) is 16.4 Å². The molecule has 1 aliphatic heterocycles. The minimum atomic E-state index is -0.416. The van der Waals surface area contributed by atoms with E-state index in [-0.39, 0.29) is 23.5 Å². The molecule has 10 heteroatoms. The summed E-state index contributed by atoms with van der Waals surface area (Å²) in [5.41, 5.74) is 4.95. The fourth-order valence-corrected chi connectivity index (χ4v) is 5.33. The number of aromatic nitrogens is 2. The van der Waals surface area contributed by atoms with Gasteiger partial charge in [-0.05, 0) is 80.2 Å². The van der Waals surface area contributed by atoms with Crippen LogP contribution in [-0.4, -0.2) is 31.8 Å². The van der Waals surface area contributed by atoms with Crippen LogP contribution >= 0.6 is 12.2 Å². The number of nitrogens with one attached hydrogen (secondary N) is 1. The van der Waals surface area contributed by atoms with Crippen molar-refractivity contribution in [1.82, 2.24) is 14.9 Å². The van der Waals surface area contributed by atoms with E-state index < -0.39 is 4.92 Å². The van der Waals surface area contributed by atoms with Crippen LogP contribution in [0, 0.1) is 24.0 Å². The molecular weight excluding hydrogens is 490 g/mol. The third-order valence-corrected chi connectivity index (χ3v) is 6.94. The standard InChI is InChI=1S/C27H25N5O4S/c1-16-14-21(17(2)30(16)23-15-19(32(34)35)9-12-24(23)36-3)26-25(22-6-4-5-13-28-22)29-27(37)31(26)18-7-10-20(33)11-8-18/h4-15,25-26,33H,1-3H3,(H,29,37). The summed E-state index contributed by atoms with van der Waals surface area (Å²) in [7, 11) is 1.54. The Morgan fingerprint density at radius 1 is 1.11 bits per heavy atom. The van der Waals surface area contributed by atoms with Gasteiger partial charge in [-0.25, -0.2) is 0 Å². The molecule has 0 spiro atoms. The minimum absolute atomic E-state index is 0.0226. The molecule has 188 valence electrons. The Bertz CT molecular complexity index is 1490. The normalized spacial score (nSPS) is 17.1. The van der Waals surface area contributed by atoms with Crippen LogP contribution in [0.4, 0.5) is 11.4 Å². The van der Waals surface area contributed by atoms with Crippen molar-refractivity contribution in [2.75, 3.05) is 12.0 Å². The van der Waals surface area contributed by atoms with Crippen LogP contribution in [0.2, 0.25) is 0 Å². The Kier molecular flexibility index (Phi) is 6.26. The van der Waals surface area contributed by atoms with Gasteiger partial charge in [0, 0.05) is 35.4 Å². The highest BCUT2D eigenvalue weighted by Gasteiger charge is 2.42. The topological polar surface area (TPSA) is 106 Å². The number of aromatic hydroxyl groups is 1. The maximum absolute atomic E-state index is 11.5. The van der Waals surface area contributed by atoms with E-state index in [0.717, 1.165) is 28.3 Å². The number of nitro benzene ring substituents is 1. The van der Waals surface area contributed by atoms with Crippen LogP contribution < -0.4 is 15.0 Å². The number of anilines is 1. The molecule has 4 aromatic rings. The van der Waals surface area contributed by atoms with Crippen molar-refractivity contribution >= 4 is 28.7 Å². The van der Waals surface area contributed by atoms with Crippen LogP contribution in [-0.2, 0) is 0 Å². The van der Waals surface area contributed by atoms with E-state index in [1.165, 1.54) is 12.1 Å². The van der Waals surface area contributed by atoms with Crippen molar-refractivity contribution in [3.63, 3.8) is 0 Å². The summed E-state index contributed by atoms with van der Waals surface area (Å²) in [6, 6.07) is 18.7. The van der Waals surface area contributed by atoms with Crippen molar-refractivity contribution in [2.24, 2.45) is 0 Å². The zero-order valence-electron chi connectivity index (χ0n) is 20.5. The van der Waals surface area contributed by atoms with Gasteiger partial charge in [-0.15, -0.1) is 0 Å². The summed E-state index contributed by atoms with van der Waals surface area (Å²) in [6.45, 7) is 3.93. The lowest BCUT2D eigenvalue weighted by atomic mass is 9.96. The molecule has 0 aliphatic carbocycles. The van der Waals surface area contributed by atoms with Gasteiger partial charge in [-0.2, -0.15) is 0 Å². The number of non-ortho nitro benzene ring substituents is 1. The molecule has 2 unspecified atom stereocenters. The van der Waals surface area contributed by atoms with Crippen LogP contribution in [0.25, 0.3) is 5.69 Å². The molecule has 1 saturated heterocycles. The molecule has 1 aliphatic rings. The van der Waals surface area contributed by atoms with Crippen molar-refractivity contribution in [3.05, 3.63) is 106 Å². The van der Waals surface area contributed by atoms with Crippen LogP contribution in [0.1, 0.15) is 34.7 Å². The van der Waals surface area contributed by atoms with Gasteiger partial charge in [-0.3, -0.25) is 15.1 Å². The number of phenolic OH excluding ortho intramolecular Hbond substituents is 1. The van der Waals surface area contributed by atoms with Gasteiger partial charge in [-0.1, -0.05) is 6.07 Å². The Balaban J connectivity index is 1.70. The summed E-state index contributed by atoms with van der Waals surface area (Å²) < 4.78 is 7.53. The van der Waals surface area contributed by atoms with Gasteiger partial charge in [0.05, 0.1) is 35.5 Å². The zero-order valence-corrected chi connectivity index (χ0v) is 21.3. The lowest BCUT2D eigenvalue weighted by Gasteiger charge is -2.28. The summed E-state index contributed by atoms with van der Waals surface area (Å²) in [6.07, 6.45) is 1.75. The number of rotatable bonds is 6. The maximum Gasteiger partial charge on any atom is 0.271 e. The highest BCUT2D eigenvalue weighted by Crippen LogP contribution is 2.44. The fraction of sp³-hybridized carbons (Fsp3) is 0.185. The number of thiocarbonyl (C=S) groups is 1. The highest BCUT2D eigenvalue weighted by molar-refractivity contribution is 7.80. The molecule has 0 radical (unpaired) electrons. The zero-order chi connectivity index (χ0) is 26.3. The van der Waals surface area contributed by atoms with Gasteiger partial charge < -0.3 is 24.6 Å². The van der Waals surface area contributed by atoms with Crippen molar-refractivity contribution in [2.45, 2.75) is 25.9 Å². The first-order valence-electron chi connectivity index (χ1n) is 11.6. The lowest BCUT2D eigenvalue weighted by Crippen LogP contribution is -2.29. The number of hydrogen-bond donors (Lipinski definition) is 2. The van der Waals surface area contributed by atoms with E-state index in [0.29, 0.717) is 16.5 Å². The van der Waals surface area contributed by atoms with Gasteiger partial charge in [0.25, 0.3) is 5.69 Å². The largest absolute Gasteiger partial charge is 0.508 e. The van der Waals surface area contributed by atoms with E-state index in [9.17, 15) is 15.2 Å². The van der Waals surface area contributed by atoms with Gasteiger partial charge >= 0.3 is 0 Å². The predicted octanol–water partition coefficient (Wildman–Crippen LogP) is 5.29. The molecule has 0 bridgehead atoms. The van der Waals surface area contributed by atoms with Crippen molar-refractivity contribution in [3.8, 4) is 17.2 Å². The van der Waals surface area contributed by atoms with Crippen molar-refractivity contribution < 1.29 is 14.8 Å². The molecule has 0 amide bonds. The number of aryl methyl sites for hydroxylation is 1. The predicted molar refractivity (Wildman–Crippen MR) is 144 cm³/mol. The Morgan fingerprint density at radius 2 is 1.86 bits per heavy atom. The Labute approximate surface area is 219 Å². The highest BCUT2D eigenvalue weighted by atomic mass is 32.1. The number of ether oxygens (including phenoxy) is 1. The van der Waals surface area contributed by atoms with E-state index in [1.54, 1.807) is 31.5 Å². The smallest absolute Gasteiger partial charge is 0.271 e. The Morgan fingerprint density at radius 3 is 2.51 bits per heavy atom. The van der Waals surface area contributed by atoms with Crippen LogP contribution in [0.15, 0.2) is 72.9 Å². The fourth-order valence-electron chi connectivity index (χ4n) is 4.99. The number of pyridine rings is 1. The molecule has 9 nitrogen and oxygen atoms in total. The Hall–Kier alpha value is -4.44. The third-order valence-electron chi connectivity index (χ3n) is 6.63. The second-order valence-corrected chi connectivity index (χ2v) is 9.17. The molecule has 2 aromatic heterocycles. The SMILES string of the molecule is COc1ccc([N+](=O)[O-])cc1-n1c(C)cc(C2C(c3ccccn3)NC(=S)N2c2ccc(O)cc2)c1C. The number of phenols is 1. The molecular formula is C27H25N5O4S. The third kappa shape index (κ3) is 4.25. The molecule has 0 saturated carbocycles. The molecule has 1 fully saturated rings. The summed E-state index contributed by atoms with van der Waals surface area (Å²) in [5.74, 6) is 0.686. The molecule has 2 aromatic carbocycles. The van der Waals surface area contributed by atoms with Gasteiger partial charge in [0.15, 0.2) is 5.11 Å². The van der Waals surface area contributed by atoms with Crippen LogP contribution in [0.3, 0.4) is 0 Å². The molecule has 2 atom stereocenters. The number of benzene rings is 2. The molecule has 37 heavy (non-hydrogen) atoms. The first-order chi connectivity index (χ1) is 17.8. The number of nitro groups is 1. The number of nitrogens with zero attached hydrogens (tertiary/aromatic N) is 4. The monoisotopic (exact) mass is 515 g/mol. The first kappa shape index (κ1) is 24.3. The quantitative estimate of drug-likeness (QED) is 0.203. The van der Waals surface area contributed by atoms with Crippen molar-refractivity contribution in [1.29, 1.82) is 0 Å². The summed E-state index contributed by atoms with van der Waals surface area (Å²) in [4.78, 5) is 17.7. The van der Waals surface area contributed by atoms with E-state index in [4.69, 9.17) is 17.0 Å². The van der Waals surface area contributed by atoms with E-state index in [1.807, 2.05) is 53.6 Å². The second-order valence-electron chi connectivity index (χ2n) is 8.79. The minimum Gasteiger partial charge on any atom is -0.508 e. The van der Waals surface area contributed by atoms with Crippen LogP contribution in [0.5, 0.6) is 11.5 Å². The average molecular weight is 516 g/mol. The average Bonchev–Trinajstić information content (AvgIpc) is 3.39. The van der Waals surface area contributed by atoms with Gasteiger partial charge in [0.2, 0.25) is 0 Å². The van der Waals surface area contributed by atoms with Gasteiger partial charge in [0.1, 0.15) is 11.5 Å². The molecule has 5 rings (SSSR count).